The minimum atomic E-state index is -0.636. The molecule has 2 aromatic carbocycles. The highest BCUT2D eigenvalue weighted by Crippen LogP contribution is 2.39. The monoisotopic (exact) mass is 468 g/mol. The van der Waals surface area contributed by atoms with Crippen molar-refractivity contribution in [2.75, 3.05) is 28.4 Å². The van der Waals surface area contributed by atoms with E-state index in [1.165, 1.54) is 0 Å². The summed E-state index contributed by atoms with van der Waals surface area (Å²) >= 11 is 0. The van der Waals surface area contributed by atoms with Crippen LogP contribution in [0.3, 0.4) is 0 Å². The summed E-state index contributed by atoms with van der Waals surface area (Å²) in [6.07, 6.45) is 5.21. The number of hydrogen-bond donors (Lipinski definition) is 1. The predicted octanol–water partition coefficient (Wildman–Crippen LogP) is 4.81. The Morgan fingerprint density at radius 1 is 0.941 bits per heavy atom. The first kappa shape index (κ1) is 26.8. The SMILES string of the molecule is CCC[C@](C#N)(CCC[C@H](Cc1ccc(OC)c(OC)c1)NC=O)c1ccc(OC)c(OC)c1. The highest BCUT2D eigenvalue weighted by atomic mass is 16.5. The van der Waals surface area contributed by atoms with E-state index < -0.39 is 5.41 Å². The standard InChI is InChI=1S/C27H36N2O5/c1-6-13-27(18-28,21-10-12-24(32-3)26(17-21)34-5)14-7-8-22(29-19-30)15-20-9-11-23(31-2)25(16-20)33-4/h9-12,16-17,19,22H,6-8,13-15H2,1-5H3,(H,29,30)/t22-,27-/m1/s1. The molecule has 0 aliphatic heterocycles. The largest absolute Gasteiger partial charge is 0.493 e. The van der Waals surface area contributed by atoms with Crippen molar-refractivity contribution in [2.24, 2.45) is 0 Å². The molecule has 0 radical (unpaired) electrons. The normalized spacial score (nSPS) is 13.2. The maximum atomic E-state index is 11.3. The van der Waals surface area contributed by atoms with Crippen molar-refractivity contribution in [1.82, 2.24) is 5.32 Å². The Labute approximate surface area is 203 Å². The number of nitriles is 1. The van der Waals surface area contributed by atoms with Gasteiger partial charge in [0, 0.05) is 6.04 Å². The van der Waals surface area contributed by atoms with Crippen LogP contribution in [0.5, 0.6) is 23.0 Å². The fraction of sp³-hybridized carbons (Fsp3) is 0.481. The summed E-state index contributed by atoms with van der Waals surface area (Å²) in [6.45, 7) is 2.08. The van der Waals surface area contributed by atoms with Crippen molar-refractivity contribution >= 4 is 6.41 Å². The third-order valence-electron chi connectivity index (χ3n) is 6.22. The smallest absolute Gasteiger partial charge is 0.207 e. The number of nitrogens with zero attached hydrogens (tertiary/aromatic N) is 1. The first-order valence-electron chi connectivity index (χ1n) is 11.5. The molecule has 0 aliphatic rings. The van der Waals surface area contributed by atoms with Gasteiger partial charge in [-0.15, -0.1) is 0 Å². The number of rotatable bonds is 15. The quantitative estimate of drug-likeness (QED) is 0.377. The lowest BCUT2D eigenvalue weighted by Crippen LogP contribution is -2.31. The number of nitrogens with one attached hydrogen (secondary N) is 1. The van der Waals surface area contributed by atoms with Crippen LogP contribution in [0.4, 0.5) is 0 Å². The van der Waals surface area contributed by atoms with Crippen molar-refractivity contribution in [2.45, 2.75) is 56.9 Å². The summed E-state index contributed by atoms with van der Waals surface area (Å²) in [5.74, 6) is 2.58. The van der Waals surface area contributed by atoms with E-state index in [1.807, 2.05) is 36.4 Å². The molecule has 0 aromatic heterocycles. The fourth-order valence-corrected chi connectivity index (χ4v) is 4.43. The first-order chi connectivity index (χ1) is 16.5. The molecule has 0 heterocycles. The third kappa shape index (κ3) is 6.57. The summed E-state index contributed by atoms with van der Waals surface area (Å²) in [6, 6.07) is 14.0. The summed E-state index contributed by atoms with van der Waals surface area (Å²) in [5, 5.41) is 13.2. The van der Waals surface area contributed by atoms with Crippen LogP contribution in [-0.2, 0) is 16.6 Å². The molecule has 7 nitrogen and oxygen atoms in total. The lowest BCUT2D eigenvalue weighted by molar-refractivity contribution is -0.110. The summed E-state index contributed by atoms with van der Waals surface area (Å²) < 4.78 is 21.5. The number of hydrogen-bond acceptors (Lipinski definition) is 6. The highest BCUT2D eigenvalue weighted by molar-refractivity contribution is 5.48. The van der Waals surface area contributed by atoms with Gasteiger partial charge in [-0.05, 0) is 67.5 Å². The second-order valence-electron chi connectivity index (χ2n) is 8.28. The lowest BCUT2D eigenvalue weighted by Gasteiger charge is -2.28. The van der Waals surface area contributed by atoms with E-state index in [0.717, 1.165) is 43.2 Å². The van der Waals surface area contributed by atoms with Gasteiger partial charge >= 0.3 is 0 Å². The van der Waals surface area contributed by atoms with E-state index in [0.29, 0.717) is 35.8 Å². The average Bonchev–Trinajstić information content (AvgIpc) is 2.87. The average molecular weight is 469 g/mol. The number of carbonyl (C=O) groups is 1. The van der Waals surface area contributed by atoms with Gasteiger partial charge in [0.2, 0.25) is 6.41 Å². The zero-order chi connectivity index (χ0) is 25.0. The molecular weight excluding hydrogens is 432 g/mol. The number of carbonyl (C=O) groups excluding carboxylic acids is 1. The van der Waals surface area contributed by atoms with Crippen LogP contribution in [0.25, 0.3) is 0 Å². The minimum Gasteiger partial charge on any atom is -0.493 e. The molecule has 2 aromatic rings. The molecule has 1 N–H and O–H groups in total. The maximum Gasteiger partial charge on any atom is 0.207 e. The predicted molar refractivity (Wildman–Crippen MR) is 132 cm³/mol. The van der Waals surface area contributed by atoms with Crippen molar-refractivity contribution < 1.29 is 23.7 Å². The molecule has 2 atom stereocenters. The van der Waals surface area contributed by atoms with Gasteiger partial charge in [0.05, 0.1) is 39.9 Å². The Morgan fingerprint density at radius 3 is 2.12 bits per heavy atom. The second-order valence-corrected chi connectivity index (χ2v) is 8.28. The van der Waals surface area contributed by atoms with E-state index in [-0.39, 0.29) is 6.04 Å². The topological polar surface area (TPSA) is 89.8 Å². The summed E-state index contributed by atoms with van der Waals surface area (Å²) in [4.78, 5) is 11.3. The fourth-order valence-electron chi connectivity index (χ4n) is 4.43. The van der Waals surface area contributed by atoms with Gasteiger partial charge in [-0.2, -0.15) is 5.26 Å². The minimum absolute atomic E-state index is 0.0565. The van der Waals surface area contributed by atoms with E-state index in [9.17, 15) is 10.1 Å². The molecule has 0 unspecified atom stereocenters. The zero-order valence-electron chi connectivity index (χ0n) is 20.8. The van der Waals surface area contributed by atoms with Gasteiger partial charge < -0.3 is 24.3 Å². The van der Waals surface area contributed by atoms with Gasteiger partial charge in [0.15, 0.2) is 23.0 Å². The molecular formula is C27H36N2O5. The van der Waals surface area contributed by atoms with E-state index in [2.05, 4.69) is 18.3 Å². The summed E-state index contributed by atoms with van der Waals surface area (Å²) in [5.41, 5.74) is 1.33. The molecule has 1 amide bonds. The van der Waals surface area contributed by atoms with Crippen LogP contribution in [0.15, 0.2) is 36.4 Å². The highest BCUT2D eigenvalue weighted by Gasteiger charge is 2.32. The second kappa shape index (κ2) is 13.3. The van der Waals surface area contributed by atoms with Gasteiger partial charge in [0.1, 0.15) is 0 Å². The number of methoxy groups -OCH3 is 4. The van der Waals surface area contributed by atoms with Crippen LogP contribution >= 0.6 is 0 Å². The van der Waals surface area contributed by atoms with Gasteiger partial charge in [-0.3, -0.25) is 4.79 Å². The van der Waals surface area contributed by atoms with Crippen LogP contribution in [-0.4, -0.2) is 40.9 Å². The molecule has 0 fully saturated rings. The Morgan fingerprint density at radius 2 is 1.56 bits per heavy atom. The zero-order valence-corrected chi connectivity index (χ0v) is 20.8. The van der Waals surface area contributed by atoms with E-state index >= 15 is 0 Å². The first-order valence-corrected chi connectivity index (χ1v) is 11.5. The Hall–Kier alpha value is -3.40. The maximum absolute atomic E-state index is 11.3. The van der Waals surface area contributed by atoms with Gasteiger partial charge in [0.25, 0.3) is 0 Å². The van der Waals surface area contributed by atoms with Crippen molar-refractivity contribution in [3.8, 4) is 29.1 Å². The molecule has 184 valence electrons. The van der Waals surface area contributed by atoms with E-state index in [4.69, 9.17) is 18.9 Å². The van der Waals surface area contributed by atoms with Gasteiger partial charge in [-0.1, -0.05) is 25.5 Å². The lowest BCUT2D eigenvalue weighted by atomic mass is 9.74. The van der Waals surface area contributed by atoms with Crippen molar-refractivity contribution in [1.29, 1.82) is 5.26 Å². The molecule has 2 rings (SSSR count). The molecule has 0 saturated heterocycles. The number of ether oxygens (including phenoxy) is 4. The van der Waals surface area contributed by atoms with Crippen molar-refractivity contribution in [3.63, 3.8) is 0 Å². The number of amides is 1. The van der Waals surface area contributed by atoms with Crippen molar-refractivity contribution in [3.05, 3.63) is 47.5 Å². The molecule has 34 heavy (non-hydrogen) atoms. The molecule has 0 bridgehead atoms. The van der Waals surface area contributed by atoms with Crippen LogP contribution in [0.1, 0.15) is 50.2 Å². The van der Waals surface area contributed by atoms with E-state index in [1.54, 1.807) is 28.4 Å². The molecule has 7 heteroatoms. The Bertz CT molecular complexity index is 972. The summed E-state index contributed by atoms with van der Waals surface area (Å²) in [7, 11) is 6.40. The molecule has 0 saturated carbocycles. The Balaban J connectivity index is 2.17. The molecule has 0 spiro atoms. The molecule has 0 aliphatic carbocycles. The van der Waals surface area contributed by atoms with Gasteiger partial charge in [-0.25, -0.2) is 0 Å². The Kier molecular flexibility index (Phi) is 10.5. The van der Waals surface area contributed by atoms with Crippen LogP contribution in [0.2, 0.25) is 0 Å². The third-order valence-corrected chi connectivity index (χ3v) is 6.22. The van der Waals surface area contributed by atoms with Crippen LogP contribution in [0, 0.1) is 11.3 Å². The number of benzene rings is 2. The van der Waals surface area contributed by atoms with Crippen LogP contribution < -0.4 is 24.3 Å².